The molecule has 0 saturated heterocycles. The van der Waals surface area contributed by atoms with E-state index in [1.165, 1.54) is 0 Å². The lowest BCUT2D eigenvalue weighted by Gasteiger charge is -2.03. The Bertz CT molecular complexity index is 953. The number of carboxylic acid groups (broad SMARTS) is 1. The van der Waals surface area contributed by atoms with Gasteiger partial charge < -0.3 is 9.84 Å². The number of aliphatic carboxylic acids is 1. The summed E-state index contributed by atoms with van der Waals surface area (Å²) in [6.45, 7) is 2.48. The van der Waals surface area contributed by atoms with Gasteiger partial charge in [-0.25, -0.2) is 9.78 Å². The number of carbonyl (C=O) groups is 1. The van der Waals surface area contributed by atoms with Crippen LogP contribution in [-0.2, 0) is 4.79 Å². The number of aromatic amines is 1. The molecule has 1 heterocycles. The van der Waals surface area contributed by atoms with E-state index >= 15 is 0 Å². The lowest BCUT2D eigenvalue weighted by atomic mass is 10.2. The molecule has 0 aliphatic rings. The largest absolute Gasteiger partial charge is 0.494 e. The fourth-order valence-electron chi connectivity index (χ4n) is 2.24. The minimum absolute atomic E-state index is 0.112. The van der Waals surface area contributed by atoms with Crippen molar-refractivity contribution in [3.8, 4) is 17.1 Å². The molecule has 0 bridgehead atoms. The number of thioether (sulfide) groups is 1. The van der Waals surface area contributed by atoms with Gasteiger partial charge in [-0.2, -0.15) is 0 Å². The molecular weight excluding hydrogens is 386 g/mol. The molecule has 3 rings (SSSR count). The number of hydrogen-bond acceptors (Lipinski definition) is 5. The zero-order valence-electron chi connectivity index (χ0n) is 14.3. The second-order valence-corrected chi connectivity index (χ2v) is 6.84. The van der Waals surface area contributed by atoms with Gasteiger partial charge in [0.2, 0.25) is 5.16 Å². The van der Waals surface area contributed by atoms with E-state index in [0.29, 0.717) is 22.6 Å². The quantitative estimate of drug-likeness (QED) is 0.439. The SMILES string of the molecule is CCOc1ccc(/C=C(\Sc2n[nH]c(-c3ccc(Cl)cc3)n2)C(=O)O)cc1. The predicted octanol–water partition coefficient (Wildman–Crippen LogP) is 4.74. The van der Waals surface area contributed by atoms with Crippen LogP contribution in [0.3, 0.4) is 0 Å². The van der Waals surface area contributed by atoms with E-state index < -0.39 is 5.97 Å². The highest BCUT2D eigenvalue weighted by Crippen LogP contribution is 2.28. The van der Waals surface area contributed by atoms with Crippen LogP contribution >= 0.6 is 23.4 Å². The molecule has 2 N–H and O–H groups in total. The molecule has 138 valence electrons. The van der Waals surface area contributed by atoms with E-state index in [2.05, 4.69) is 15.2 Å². The average molecular weight is 402 g/mol. The molecule has 0 spiro atoms. The van der Waals surface area contributed by atoms with Crippen LogP contribution in [-0.4, -0.2) is 32.9 Å². The Kier molecular flexibility index (Phi) is 6.16. The number of carboxylic acids is 1. The molecule has 0 fully saturated rings. The molecule has 6 nitrogen and oxygen atoms in total. The molecule has 0 aliphatic heterocycles. The van der Waals surface area contributed by atoms with E-state index in [0.717, 1.165) is 28.6 Å². The molecule has 0 saturated carbocycles. The summed E-state index contributed by atoms with van der Waals surface area (Å²) >= 11 is 6.86. The number of halogens is 1. The first-order chi connectivity index (χ1) is 13.0. The number of ether oxygens (including phenoxy) is 1. The van der Waals surface area contributed by atoms with Crippen molar-refractivity contribution in [1.29, 1.82) is 0 Å². The average Bonchev–Trinajstić information content (AvgIpc) is 3.12. The topological polar surface area (TPSA) is 88.1 Å². The summed E-state index contributed by atoms with van der Waals surface area (Å²) in [5.74, 6) is 0.229. The Balaban J connectivity index is 1.78. The van der Waals surface area contributed by atoms with E-state index in [1.807, 2.05) is 19.1 Å². The number of benzene rings is 2. The molecule has 8 heteroatoms. The van der Waals surface area contributed by atoms with Crippen molar-refractivity contribution >= 4 is 35.4 Å². The lowest BCUT2D eigenvalue weighted by molar-refractivity contribution is -0.131. The van der Waals surface area contributed by atoms with Crippen molar-refractivity contribution in [2.24, 2.45) is 0 Å². The first-order valence-corrected chi connectivity index (χ1v) is 9.28. The van der Waals surface area contributed by atoms with Crippen LogP contribution in [0.2, 0.25) is 5.02 Å². The standard InChI is InChI=1S/C19H16ClN3O3S/c1-2-26-15-9-3-12(4-10-15)11-16(18(24)25)27-19-21-17(22-23-19)13-5-7-14(20)8-6-13/h3-11H,2H2,1H3,(H,24,25)(H,21,22,23)/b16-11-. The van der Waals surface area contributed by atoms with E-state index in [9.17, 15) is 9.90 Å². The highest BCUT2D eigenvalue weighted by molar-refractivity contribution is 8.04. The summed E-state index contributed by atoms with van der Waals surface area (Å²) in [4.78, 5) is 16.1. The Morgan fingerprint density at radius 1 is 1.22 bits per heavy atom. The van der Waals surface area contributed by atoms with Crippen LogP contribution in [0.15, 0.2) is 58.6 Å². The van der Waals surface area contributed by atoms with Gasteiger partial charge in [-0.3, -0.25) is 5.10 Å². The van der Waals surface area contributed by atoms with Crippen LogP contribution in [0.1, 0.15) is 12.5 Å². The Hall–Kier alpha value is -2.77. The third kappa shape index (κ3) is 5.12. The summed E-state index contributed by atoms with van der Waals surface area (Å²) < 4.78 is 5.39. The number of rotatable bonds is 7. The van der Waals surface area contributed by atoms with Crippen LogP contribution in [0.25, 0.3) is 17.5 Å². The van der Waals surface area contributed by atoms with Crippen molar-refractivity contribution < 1.29 is 14.6 Å². The minimum atomic E-state index is -1.05. The van der Waals surface area contributed by atoms with E-state index in [-0.39, 0.29) is 4.91 Å². The van der Waals surface area contributed by atoms with Gasteiger partial charge in [-0.1, -0.05) is 23.7 Å². The highest BCUT2D eigenvalue weighted by Gasteiger charge is 2.14. The number of nitrogens with one attached hydrogen (secondary N) is 1. The van der Waals surface area contributed by atoms with Gasteiger partial charge in [0.25, 0.3) is 0 Å². The van der Waals surface area contributed by atoms with Crippen molar-refractivity contribution in [2.45, 2.75) is 12.1 Å². The summed E-state index contributed by atoms with van der Waals surface area (Å²) in [6.07, 6.45) is 1.57. The molecular formula is C19H16ClN3O3S. The normalized spacial score (nSPS) is 11.4. The van der Waals surface area contributed by atoms with Gasteiger partial charge >= 0.3 is 5.97 Å². The molecule has 0 unspecified atom stereocenters. The number of H-pyrrole nitrogens is 1. The van der Waals surface area contributed by atoms with E-state index in [4.69, 9.17) is 16.3 Å². The lowest BCUT2D eigenvalue weighted by Crippen LogP contribution is -1.97. The van der Waals surface area contributed by atoms with Crippen molar-refractivity contribution in [1.82, 2.24) is 15.2 Å². The van der Waals surface area contributed by atoms with Gasteiger partial charge in [0, 0.05) is 10.6 Å². The van der Waals surface area contributed by atoms with E-state index in [1.54, 1.807) is 42.5 Å². The molecule has 0 radical (unpaired) electrons. The number of aromatic nitrogens is 3. The Labute approximate surface area is 165 Å². The smallest absolute Gasteiger partial charge is 0.342 e. The van der Waals surface area contributed by atoms with Crippen LogP contribution in [0, 0.1) is 0 Å². The summed E-state index contributed by atoms with van der Waals surface area (Å²) in [5, 5.41) is 17.3. The van der Waals surface area contributed by atoms with Gasteiger partial charge in [0.05, 0.1) is 6.61 Å². The zero-order valence-corrected chi connectivity index (χ0v) is 15.9. The fourth-order valence-corrected chi connectivity index (χ4v) is 3.07. The predicted molar refractivity (Wildman–Crippen MR) is 106 cm³/mol. The maximum absolute atomic E-state index is 11.6. The van der Waals surface area contributed by atoms with Crippen molar-refractivity contribution in [3.05, 3.63) is 64.0 Å². The van der Waals surface area contributed by atoms with Crippen molar-refractivity contribution in [2.75, 3.05) is 6.61 Å². The first kappa shape index (κ1) is 19.0. The second kappa shape index (κ2) is 8.75. The van der Waals surface area contributed by atoms with Gasteiger partial charge in [0.15, 0.2) is 5.82 Å². The van der Waals surface area contributed by atoms with Gasteiger partial charge in [0.1, 0.15) is 10.7 Å². The summed E-state index contributed by atoms with van der Waals surface area (Å²) in [7, 11) is 0. The van der Waals surface area contributed by atoms with Crippen LogP contribution in [0.4, 0.5) is 0 Å². The van der Waals surface area contributed by atoms with Gasteiger partial charge in [-0.05, 0) is 66.7 Å². The second-order valence-electron chi connectivity index (χ2n) is 5.39. The first-order valence-electron chi connectivity index (χ1n) is 8.09. The molecule has 1 aromatic heterocycles. The maximum Gasteiger partial charge on any atom is 0.342 e. The zero-order chi connectivity index (χ0) is 19.2. The van der Waals surface area contributed by atoms with Gasteiger partial charge in [-0.15, -0.1) is 5.10 Å². The van der Waals surface area contributed by atoms with Crippen LogP contribution in [0.5, 0.6) is 5.75 Å². The molecule has 0 atom stereocenters. The third-order valence-corrected chi connectivity index (χ3v) is 4.61. The monoisotopic (exact) mass is 401 g/mol. The highest BCUT2D eigenvalue weighted by atomic mass is 35.5. The van der Waals surface area contributed by atoms with Crippen LogP contribution < -0.4 is 4.74 Å². The molecule has 0 aliphatic carbocycles. The molecule has 27 heavy (non-hydrogen) atoms. The minimum Gasteiger partial charge on any atom is -0.494 e. The molecule has 3 aromatic rings. The number of hydrogen-bond donors (Lipinski definition) is 2. The molecule has 0 amide bonds. The Morgan fingerprint density at radius 3 is 2.56 bits per heavy atom. The Morgan fingerprint density at radius 2 is 1.93 bits per heavy atom. The van der Waals surface area contributed by atoms with Crippen molar-refractivity contribution in [3.63, 3.8) is 0 Å². The summed E-state index contributed by atoms with van der Waals surface area (Å²) in [5.41, 5.74) is 1.56. The maximum atomic E-state index is 11.6. The third-order valence-electron chi connectivity index (χ3n) is 3.48. The number of nitrogens with zero attached hydrogens (tertiary/aromatic N) is 2. The fraction of sp³-hybridized carbons (Fsp3) is 0.105. The summed E-state index contributed by atoms with van der Waals surface area (Å²) in [6, 6.07) is 14.3. The molecule has 2 aromatic carbocycles.